The lowest BCUT2D eigenvalue weighted by atomic mass is 9.99. The van der Waals surface area contributed by atoms with Crippen molar-refractivity contribution >= 4 is 29.4 Å². The molecule has 0 atom stereocenters. The molecule has 0 unspecified atom stereocenters. The Labute approximate surface area is 176 Å². The van der Waals surface area contributed by atoms with Crippen molar-refractivity contribution in [2.75, 3.05) is 30.7 Å². The first-order valence-electron chi connectivity index (χ1n) is 10.8. The van der Waals surface area contributed by atoms with Crippen molar-refractivity contribution in [1.82, 2.24) is 9.80 Å². The minimum Gasteiger partial charge on any atom is -0.327 e. The second kappa shape index (κ2) is 8.94. The number of thioether (sulfide) groups is 1. The Kier molecular flexibility index (Phi) is 6.32. The number of urea groups is 1. The number of likely N-dealkylation sites (tertiary alicyclic amines) is 1. The standard InChI is InChI=1S/C22H30FN3O2S/c23-18-6-3-7-19(16-18)24-21(28)25-12-10-22(11-13-25)26(14-15-29-22)20(27)9-8-17-4-1-2-5-17/h3,6-7,16-17H,1-2,4-5,8-15H2,(H,24,28). The molecule has 2 aliphatic heterocycles. The fraction of sp³-hybridized carbons (Fsp3) is 0.636. The fourth-order valence-corrected chi connectivity index (χ4v) is 6.44. The summed E-state index contributed by atoms with van der Waals surface area (Å²) in [5, 5.41) is 2.78. The van der Waals surface area contributed by atoms with Crippen LogP contribution in [0.4, 0.5) is 14.9 Å². The number of halogens is 1. The number of anilines is 1. The van der Waals surface area contributed by atoms with Gasteiger partial charge in [0.05, 0.1) is 4.87 Å². The zero-order valence-electron chi connectivity index (χ0n) is 16.9. The number of carbonyl (C=O) groups excluding carboxylic acids is 2. The summed E-state index contributed by atoms with van der Waals surface area (Å²) in [5.41, 5.74) is 0.467. The van der Waals surface area contributed by atoms with Crippen molar-refractivity contribution < 1.29 is 14.0 Å². The number of rotatable bonds is 4. The molecular formula is C22H30FN3O2S. The molecule has 7 heteroatoms. The number of hydrogen-bond acceptors (Lipinski definition) is 3. The molecule has 29 heavy (non-hydrogen) atoms. The van der Waals surface area contributed by atoms with Gasteiger partial charge in [-0.2, -0.15) is 0 Å². The minimum atomic E-state index is -0.366. The van der Waals surface area contributed by atoms with Gasteiger partial charge in [0.15, 0.2) is 0 Å². The molecule has 5 nitrogen and oxygen atoms in total. The summed E-state index contributed by atoms with van der Waals surface area (Å²) in [5.74, 6) is 1.64. The van der Waals surface area contributed by atoms with Crippen LogP contribution in [0.25, 0.3) is 0 Å². The van der Waals surface area contributed by atoms with E-state index in [2.05, 4.69) is 10.2 Å². The van der Waals surface area contributed by atoms with Crippen LogP contribution in [0.1, 0.15) is 51.4 Å². The zero-order valence-corrected chi connectivity index (χ0v) is 17.7. The third-order valence-corrected chi connectivity index (χ3v) is 8.18. The highest BCUT2D eigenvalue weighted by Gasteiger charge is 2.46. The number of benzene rings is 1. The Morgan fingerprint density at radius 3 is 2.66 bits per heavy atom. The molecule has 1 saturated carbocycles. The third kappa shape index (κ3) is 4.71. The Balaban J connectivity index is 1.30. The van der Waals surface area contributed by atoms with Crippen LogP contribution >= 0.6 is 11.8 Å². The summed E-state index contributed by atoms with van der Waals surface area (Å²) in [7, 11) is 0. The van der Waals surface area contributed by atoms with Crippen molar-refractivity contribution in [3.63, 3.8) is 0 Å². The molecule has 1 N–H and O–H groups in total. The van der Waals surface area contributed by atoms with Crippen molar-refractivity contribution in [2.45, 2.75) is 56.2 Å². The highest BCUT2D eigenvalue weighted by molar-refractivity contribution is 8.00. The molecule has 3 aliphatic rings. The van der Waals surface area contributed by atoms with E-state index in [9.17, 15) is 14.0 Å². The van der Waals surface area contributed by atoms with Crippen molar-refractivity contribution in [3.05, 3.63) is 30.1 Å². The van der Waals surface area contributed by atoms with Gasteiger partial charge in [0, 0.05) is 37.5 Å². The lowest BCUT2D eigenvalue weighted by Gasteiger charge is -2.44. The lowest BCUT2D eigenvalue weighted by molar-refractivity contribution is -0.134. The summed E-state index contributed by atoms with van der Waals surface area (Å²) in [6.45, 7) is 2.05. The normalized spacial score (nSPS) is 21.7. The molecular weight excluding hydrogens is 389 g/mol. The maximum absolute atomic E-state index is 13.3. The summed E-state index contributed by atoms with van der Waals surface area (Å²) < 4.78 is 13.3. The van der Waals surface area contributed by atoms with E-state index in [1.165, 1.54) is 37.8 Å². The molecule has 158 valence electrons. The Bertz CT molecular complexity index is 745. The molecule has 4 rings (SSSR count). The van der Waals surface area contributed by atoms with Gasteiger partial charge >= 0.3 is 6.03 Å². The van der Waals surface area contributed by atoms with Crippen LogP contribution in [0.2, 0.25) is 0 Å². The van der Waals surface area contributed by atoms with Gasteiger partial charge < -0.3 is 15.1 Å². The third-order valence-electron chi connectivity index (χ3n) is 6.63. The Hall–Kier alpha value is -1.76. The van der Waals surface area contributed by atoms with Gasteiger partial charge in [0.2, 0.25) is 5.91 Å². The molecule has 0 bridgehead atoms. The predicted octanol–water partition coefficient (Wildman–Crippen LogP) is 4.70. The number of carbonyl (C=O) groups is 2. The van der Waals surface area contributed by atoms with E-state index in [-0.39, 0.29) is 16.7 Å². The number of nitrogens with zero attached hydrogens (tertiary/aromatic N) is 2. The number of piperidine rings is 1. The van der Waals surface area contributed by atoms with Gasteiger partial charge in [-0.1, -0.05) is 31.7 Å². The van der Waals surface area contributed by atoms with Crippen LogP contribution < -0.4 is 5.32 Å². The van der Waals surface area contributed by atoms with Gasteiger partial charge in [-0.05, 0) is 43.4 Å². The Morgan fingerprint density at radius 2 is 1.93 bits per heavy atom. The molecule has 2 heterocycles. The summed E-state index contributed by atoms with van der Waals surface area (Å²) in [6.07, 6.45) is 8.47. The van der Waals surface area contributed by atoms with Gasteiger partial charge in [-0.25, -0.2) is 9.18 Å². The molecule has 1 aromatic carbocycles. The summed E-state index contributed by atoms with van der Waals surface area (Å²) >= 11 is 1.88. The van der Waals surface area contributed by atoms with Crippen LogP contribution in [-0.4, -0.2) is 52.0 Å². The van der Waals surface area contributed by atoms with Crippen molar-refractivity contribution in [3.8, 4) is 0 Å². The maximum Gasteiger partial charge on any atom is 0.321 e. The number of amides is 3. The van der Waals surface area contributed by atoms with Gasteiger partial charge in [0.1, 0.15) is 5.82 Å². The lowest BCUT2D eigenvalue weighted by Crippen LogP contribution is -2.54. The van der Waals surface area contributed by atoms with E-state index in [0.717, 1.165) is 37.5 Å². The SMILES string of the molecule is O=C(Nc1cccc(F)c1)N1CCC2(CC1)SCCN2C(=O)CCC1CCCC1. The molecule has 3 fully saturated rings. The molecule has 0 radical (unpaired) electrons. The van der Waals surface area contributed by atoms with Crippen LogP contribution in [0.15, 0.2) is 24.3 Å². The van der Waals surface area contributed by atoms with Crippen LogP contribution in [0.3, 0.4) is 0 Å². The van der Waals surface area contributed by atoms with E-state index in [0.29, 0.717) is 31.1 Å². The van der Waals surface area contributed by atoms with E-state index in [4.69, 9.17) is 0 Å². The van der Waals surface area contributed by atoms with E-state index in [1.807, 2.05) is 11.8 Å². The van der Waals surface area contributed by atoms with Crippen LogP contribution in [-0.2, 0) is 4.79 Å². The van der Waals surface area contributed by atoms with E-state index in [1.54, 1.807) is 17.0 Å². The minimum absolute atomic E-state index is 0.150. The molecule has 1 spiro atoms. The van der Waals surface area contributed by atoms with Gasteiger partial charge in [-0.3, -0.25) is 4.79 Å². The quantitative estimate of drug-likeness (QED) is 0.770. The molecule has 2 saturated heterocycles. The van der Waals surface area contributed by atoms with Crippen molar-refractivity contribution in [1.29, 1.82) is 0 Å². The second-order valence-electron chi connectivity index (χ2n) is 8.46. The van der Waals surface area contributed by atoms with Crippen molar-refractivity contribution in [2.24, 2.45) is 5.92 Å². The first-order chi connectivity index (χ1) is 14.1. The number of hydrogen-bond donors (Lipinski definition) is 1. The summed E-state index contributed by atoms with van der Waals surface area (Å²) in [4.78, 5) is 29.2. The first-order valence-corrected chi connectivity index (χ1v) is 11.8. The predicted molar refractivity (Wildman–Crippen MR) is 114 cm³/mol. The molecule has 1 aliphatic carbocycles. The monoisotopic (exact) mass is 419 g/mol. The zero-order chi connectivity index (χ0) is 20.3. The average molecular weight is 420 g/mol. The highest BCUT2D eigenvalue weighted by Crippen LogP contribution is 2.44. The van der Waals surface area contributed by atoms with Gasteiger partial charge in [-0.15, -0.1) is 11.8 Å². The summed E-state index contributed by atoms with van der Waals surface area (Å²) in [6, 6.07) is 5.74. The highest BCUT2D eigenvalue weighted by atomic mass is 32.2. The smallest absolute Gasteiger partial charge is 0.321 e. The van der Waals surface area contributed by atoms with Crippen LogP contribution in [0, 0.1) is 11.7 Å². The second-order valence-corrected chi connectivity index (χ2v) is 9.91. The van der Waals surface area contributed by atoms with Gasteiger partial charge in [0.25, 0.3) is 0 Å². The van der Waals surface area contributed by atoms with Crippen LogP contribution in [0.5, 0.6) is 0 Å². The largest absolute Gasteiger partial charge is 0.327 e. The van der Waals surface area contributed by atoms with E-state index >= 15 is 0 Å². The van der Waals surface area contributed by atoms with E-state index < -0.39 is 0 Å². The average Bonchev–Trinajstić information content (AvgIpc) is 3.37. The molecule has 3 amide bonds. The Morgan fingerprint density at radius 1 is 1.17 bits per heavy atom. The topological polar surface area (TPSA) is 52.7 Å². The molecule has 1 aromatic rings. The first kappa shape index (κ1) is 20.5. The number of nitrogens with one attached hydrogen (secondary N) is 1. The fourth-order valence-electron chi connectivity index (χ4n) is 4.96. The maximum atomic E-state index is 13.3. The molecule has 0 aromatic heterocycles.